The lowest BCUT2D eigenvalue weighted by atomic mass is 10.1. The summed E-state index contributed by atoms with van der Waals surface area (Å²) in [6, 6.07) is 13.4. The number of pyridine rings is 3. The number of anilines is 1. The Morgan fingerprint density at radius 3 is 2.72 bits per heavy atom. The summed E-state index contributed by atoms with van der Waals surface area (Å²) in [4.78, 5) is 20.9. The number of hydrogen-bond donors (Lipinski definition) is 3. The van der Waals surface area contributed by atoms with E-state index in [0.717, 1.165) is 11.1 Å². The van der Waals surface area contributed by atoms with Gasteiger partial charge in [-0.25, -0.2) is 14.4 Å². The molecule has 5 aromatic rings. The number of fused-ring (bicyclic) bond motifs is 1. The lowest BCUT2D eigenvalue weighted by Gasteiger charge is -2.08. The van der Waals surface area contributed by atoms with E-state index in [1.807, 2.05) is 13.0 Å². The number of aromatic amines is 1. The van der Waals surface area contributed by atoms with E-state index >= 15 is 0 Å². The van der Waals surface area contributed by atoms with Crippen LogP contribution in [0.1, 0.15) is 17.1 Å². The van der Waals surface area contributed by atoms with Crippen molar-refractivity contribution in [1.82, 2.24) is 24.9 Å². The molecule has 0 aliphatic heterocycles. The minimum Gasteiger partial charge on any atom is -0.397 e. The zero-order valence-corrected chi connectivity index (χ0v) is 17.1. The molecule has 0 aliphatic carbocycles. The van der Waals surface area contributed by atoms with Crippen molar-refractivity contribution >= 4 is 22.4 Å². The summed E-state index contributed by atoms with van der Waals surface area (Å²) < 4.78 is 13.7. The predicted octanol–water partition coefficient (Wildman–Crippen LogP) is 4.53. The Kier molecular flexibility index (Phi) is 4.67. The molecule has 0 bridgehead atoms. The average Bonchev–Trinajstić information content (AvgIpc) is 3.23. The van der Waals surface area contributed by atoms with Gasteiger partial charge in [0, 0.05) is 29.7 Å². The number of nitrogens with two attached hydrogens (primary N) is 1. The number of aryl methyl sites for hydroxylation is 1. The number of nitrogen functional groups attached to an aromatic ring is 1. The number of nitrogens with one attached hydrogen (secondary N) is 2. The highest BCUT2D eigenvalue weighted by atomic mass is 19.1. The fourth-order valence-electron chi connectivity index (χ4n) is 3.54. The summed E-state index contributed by atoms with van der Waals surface area (Å²) in [5, 5.41) is 8.72. The van der Waals surface area contributed by atoms with Crippen LogP contribution in [-0.2, 0) is 0 Å². The molecule has 0 spiro atoms. The van der Waals surface area contributed by atoms with Gasteiger partial charge >= 0.3 is 0 Å². The van der Waals surface area contributed by atoms with E-state index in [-0.39, 0.29) is 11.5 Å². The molecule has 156 valence electrons. The molecule has 1 aromatic carbocycles. The van der Waals surface area contributed by atoms with E-state index < -0.39 is 0 Å². The molecule has 5 rings (SSSR count). The Morgan fingerprint density at radius 2 is 1.91 bits per heavy atom. The van der Waals surface area contributed by atoms with Crippen molar-refractivity contribution in [3.05, 3.63) is 90.0 Å². The van der Waals surface area contributed by atoms with Crippen molar-refractivity contribution in [3.8, 4) is 22.5 Å². The van der Waals surface area contributed by atoms with Crippen LogP contribution < -0.4 is 5.73 Å². The van der Waals surface area contributed by atoms with Crippen LogP contribution in [0.25, 0.3) is 33.5 Å². The summed E-state index contributed by atoms with van der Waals surface area (Å²) in [5.74, 6) is -0.0615. The van der Waals surface area contributed by atoms with Gasteiger partial charge in [0.15, 0.2) is 5.82 Å². The molecule has 0 unspecified atom stereocenters. The van der Waals surface area contributed by atoms with Crippen molar-refractivity contribution in [2.45, 2.75) is 6.92 Å². The number of benzene rings is 1. The summed E-state index contributed by atoms with van der Waals surface area (Å²) in [6.45, 7) is 1.95. The van der Waals surface area contributed by atoms with E-state index in [2.05, 4.69) is 24.9 Å². The van der Waals surface area contributed by atoms with Gasteiger partial charge in [-0.3, -0.25) is 15.4 Å². The molecular weight excluding hydrogens is 405 g/mol. The van der Waals surface area contributed by atoms with E-state index in [1.54, 1.807) is 48.9 Å². The maximum Gasteiger partial charge on any atom is 0.158 e. The molecule has 0 aliphatic rings. The molecule has 0 saturated carbocycles. The lowest BCUT2D eigenvalue weighted by molar-refractivity contribution is 0.628. The third-order valence-electron chi connectivity index (χ3n) is 5.07. The van der Waals surface area contributed by atoms with Crippen molar-refractivity contribution in [2.75, 3.05) is 5.73 Å². The van der Waals surface area contributed by atoms with Crippen LogP contribution in [0.5, 0.6) is 0 Å². The van der Waals surface area contributed by atoms with Crippen LogP contribution in [0, 0.1) is 18.2 Å². The van der Waals surface area contributed by atoms with Gasteiger partial charge in [-0.15, -0.1) is 0 Å². The Morgan fingerprint density at radius 1 is 1.03 bits per heavy atom. The maximum atomic E-state index is 13.7. The van der Waals surface area contributed by atoms with E-state index in [1.165, 1.54) is 12.1 Å². The number of hydrogen-bond acceptors (Lipinski definition) is 6. The summed E-state index contributed by atoms with van der Waals surface area (Å²) in [6.07, 6.45) is 5.10. The standard InChI is InChI=1S/C24H18FN7/c1-13-9-15(12-28-11-13)18-6-5-17(26)22(30-18)20(27)24-31-19-7-8-29-21(23(19)32-24)14-3-2-4-16(25)10-14/h2-12,27H,26H2,1H3,(H,31,32). The normalized spacial score (nSPS) is 11.1. The van der Waals surface area contributed by atoms with E-state index in [0.29, 0.717) is 45.2 Å². The van der Waals surface area contributed by atoms with Crippen LogP contribution >= 0.6 is 0 Å². The smallest absolute Gasteiger partial charge is 0.158 e. The number of H-pyrrole nitrogens is 1. The molecule has 0 radical (unpaired) electrons. The minimum atomic E-state index is -0.357. The molecule has 0 amide bonds. The first kappa shape index (κ1) is 19.5. The molecular formula is C24H18FN7. The monoisotopic (exact) mass is 423 g/mol. The van der Waals surface area contributed by atoms with Gasteiger partial charge in [-0.1, -0.05) is 12.1 Å². The molecule has 0 saturated heterocycles. The number of rotatable bonds is 4. The quantitative estimate of drug-likeness (QED) is 0.367. The zero-order valence-electron chi connectivity index (χ0n) is 17.1. The molecule has 7 nitrogen and oxygen atoms in total. The predicted molar refractivity (Wildman–Crippen MR) is 122 cm³/mol. The van der Waals surface area contributed by atoms with Crippen LogP contribution in [0.4, 0.5) is 10.1 Å². The zero-order chi connectivity index (χ0) is 22.2. The third-order valence-corrected chi connectivity index (χ3v) is 5.07. The molecule has 0 fully saturated rings. The highest BCUT2D eigenvalue weighted by Gasteiger charge is 2.18. The van der Waals surface area contributed by atoms with Crippen LogP contribution in [0.3, 0.4) is 0 Å². The Labute approximate surface area is 182 Å². The Hall–Kier alpha value is -4.46. The minimum absolute atomic E-state index is 0.0476. The summed E-state index contributed by atoms with van der Waals surface area (Å²) in [7, 11) is 0. The van der Waals surface area contributed by atoms with Gasteiger partial charge in [0.05, 0.1) is 22.6 Å². The Bertz CT molecular complexity index is 1490. The fraction of sp³-hybridized carbons (Fsp3) is 0.0417. The second-order valence-electron chi connectivity index (χ2n) is 7.41. The van der Waals surface area contributed by atoms with Crippen molar-refractivity contribution in [2.24, 2.45) is 0 Å². The van der Waals surface area contributed by atoms with Gasteiger partial charge in [0.2, 0.25) is 0 Å². The maximum absolute atomic E-state index is 13.7. The first-order chi connectivity index (χ1) is 15.5. The highest BCUT2D eigenvalue weighted by Crippen LogP contribution is 2.27. The van der Waals surface area contributed by atoms with Crippen molar-refractivity contribution < 1.29 is 4.39 Å². The van der Waals surface area contributed by atoms with Gasteiger partial charge in [-0.05, 0) is 48.9 Å². The third kappa shape index (κ3) is 3.47. The number of imidazole rings is 1. The average molecular weight is 423 g/mol. The second-order valence-corrected chi connectivity index (χ2v) is 7.41. The molecule has 4 N–H and O–H groups in total. The Balaban J connectivity index is 1.59. The SMILES string of the molecule is Cc1cncc(-c2ccc(N)c(C(=N)c3nc4c(-c5cccc(F)c5)nccc4[nH]3)n2)c1. The largest absolute Gasteiger partial charge is 0.397 e. The van der Waals surface area contributed by atoms with Crippen LogP contribution in [-0.4, -0.2) is 30.6 Å². The van der Waals surface area contributed by atoms with Gasteiger partial charge in [-0.2, -0.15) is 0 Å². The second kappa shape index (κ2) is 7.66. The topological polar surface area (TPSA) is 117 Å². The number of aromatic nitrogens is 5. The van der Waals surface area contributed by atoms with Crippen molar-refractivity contribution in [1.29, 1.82) is 5.41 Å². The number of nitrogens with zero attached hydrogens (tertiary/aromatic N) is 4. The molecule has 8 heteroatoms. The van der Waals surface area contributed by atoms with Gasteiger partial charge in [0.25, 0.3) is 0 Å². The lowest BCUT2D eigenvalue weighted by Crippen LogP contribution is -2.10. The van der Waals surface area contributed by atoms with E-state index in [9.17, 15) is 4.39 Å². The molecule has 4 heterocycles. The van der Waals surface area contributed by atoms with Crippen LogP contribution in [0.15, 0.2) is 67.1 Å². The molecule has 4 aromatic heterocycles. The molecule has 32 heavy (non-hydrogen) atoms. The van der Waals surface area contributed by atoms with E-state index in [4.69, 9.17) is 11.1 Å². The summed E-state index contributed by atoms with van der Waals surface area (Å²) in [5.41, 5.74) is 11.7. The van der Waals surface area contributed by atoms with Crippen molar-refractivity contribution in [3.63, 3.8) is 0 Å². The van der Waals surface area contributed by atoms with Gasteiger partial charge in [0.1, 0.15) is 22.7 Å². The first-order valence-corrected chi connectivity index (χ1v) is 9.88. The highest BCUT2D eigenvalue weighted by molar-refractivity contribution is 6.12. The summed E-state index contributed by atoms with van der Waals surface area (Å²) >= 11 is 0. The molecule has 0 atom stereocenters. The fourth-order valence-corrected chi connectivity index (χ4v) is 3.54. The first-order valence-electron chi connectivity index (χ1n) is 9.88. The number of halogens is 1. The van der Waals surface area contributed by atoms with Gasteiger partial charge < -0.3 is 10.7 Å². The van der Waals surface area contributed by atoms with Crippen LogP contribution in [0.2, 0.25) is 0 Å².